The molecule has 2 amide bonds. The van der Waals surface area contributed by atoms with Crippen LogP contribution >= 0.6 is 0 Å². The number of halogens is 1. The second-order valence-electron chi connectivity index (χ2n) is 8.44. The maximum Gasteiger partial charge on any atom is 0.323 e. The van der Waals surface area contributed by atoms with Gasteiger partial charge in [-0.25, -0.2) is 9.18 Å². The summed E-state index contributed by atoms with van der Waals surface area (Å²) in [6, 6.07) is 16.5. The topological polar surface area (TPSA) is 118 Å². The smallest absolute Gasteiger partial charge is 0.323 e. The number of benzene rings is 3. The van der Waals surface area contributed by atoms with Crippen LogP contribution in [-0.2, 0) is 4.74 Å². The van der Waals surface area contributed by atoms with Crippen LogP contribution < -0.4 is 21.1 Å². The number of amides is 2. The highest BCUT2D eigenvalue weighted by Crippen LogP contribution is 2.36. The van der Waals surface area contributed by atoms with E-state index in [1.807, 2.05) is 24.3 Å². The molecule has 1 fully saturated rings. The Balaban J connectivity index is 1.27. The molecule has 5 N–H and O–H groups in total. The highest BCUT2D eigenvalue weighted by atomic mass is 19.1. The average Bonchev–Trinajstić information content (AvgIpc) is 3.27. The van der Waals surface area contributed by atoms with Crippen LogP contribution in [0.15, 0.2) is 60.7 Å². The summed E-state index contributed by atoms with van der Waals surface area (Å²) in [5, 5.41) is 13.3. The van der Waals surface area contributed by atoms with Gasteiger partial charge in [-0.15, -0.1) is 0 Å². The Morgan fingerprint density at radius 1 is 1.08 bits per heavy atom. The van der Waals surface area contributed by atoms with Crippen LogP contribution in [0, 0.1) is 5.82 Å². The summed E-state index contributed by atoms with van der Waals surface area (Å²) in [5.74, 6) is 0.657. The number of H-pyrrole nitrogens is 1. The Morgan fingerprint density at radius 3 is 2.64 bits per heavy atom. The lowest BCUT2D eigenvalue weighted by atomic mass is 10.0. The minimum absolute atomic E-state index is 0.370. The molecular weight excluding hydrogens is 463 g/mol. The third-order valence-electron chi connectivity index (χ3n) is 6.02. The van der Waals surface area contributed by atoms with Gasteiger partial charge in [-0.3, -0.25) is 10.00 Å². The van der Waals surface area contributed by atoms with Crippen LogP contribution in [0.25, 0.3) is 22.0 Å². The van der Waals surface area contributed by atoms with Crippen molar-refractivity contribution in [2.45, 2.75) is 0 Å². The van der Waals surface area contributed by atoms with Gasteiger partial charge in [0.05, 0.1) is 18.6 Å². The molecule has 0 aliphatic carbocycles. The number of nitrogens with zero attached hydrogens (tertiary/aromatic N) is 2. The molecule has 4 aromatic rings. The molecule has 10 heteroatoms. The van der Waals surface area contributed by atoms with Gasteiger partial charge in [0.1, 0.15) is 23.7 Å². The van der Waals surface area contributed by atoms with E-state index in [1.165, 1.54) is 18.2 Å². The van der Waals surface area contributed by atoms with Gasteiger partial charge in [-0.1, -0.05) is 18.2 Å². The first kappa shape index (κ1) is 23.6. The predicted molar refractivity (Wildman–Crippen MR) is 138 cm³/mol. The fraction of sp³-hybridized carbons (Fsp3) is 0.231. The first-order chi connectivity index (χ1) is 17.6. The molecule has 36 heavy (non-hydrogen) atoms. The van der Waals surface area contributed by atoms with Gasteiger partial charge in [-0.2, -0.15) is 5.10 Å². The Kier molecular flexibility index (Phi) is 6.96. The van der Waals surface area contributed by atoms with E-state index < -0.39 is 11.8 Å². The number of nitrogens with one attached hydrogen (secondary N) is 3. The van der Waals surface area contributed by atoms with Crippen LogP contribution in [0.5, 0.6) is 5.75 Å². The number of ether oxygens (including phenoxy) is 2. The lowest BCUT2D eigenvalue weighted by molar-refractivity contribution is 0.0323. The van der Waals surface area contributed by atoms with Crippen LogP contribution in [0.3, 0.4) is 0 Å². The summed E-state index contributed by atoms with van der Waals surface area (Å²) in [6.07, 6.45) is 0. The van der Waals surface area contributed by atoms with E-state index in [1.54, 1.807) is 18.2 Å². The average molecular weight is 491 g/mol. The number of morpholine rings is 1. The molecular formula is C26H27FN6O3. The van der Waals surface area contributed by atoms with Crippen molar-refractivity contribution in [2.24, 2.45) is 0 Å². The summed E-state index contributed by atoms with van der Waals surface area (Å²) in [5.41, 5.74) is 9.70. The van der Waals surface area contributed by atoms with Crippen molar-refractivity contribution in [3.8, 4) is 16.9 Å². The molecule has 0 spiro atoms. The lowest BCUT2D eigenvalue weighted by Gasteiger charge is -2.26. The molecule has 3 aromatic carbocycles. The molecule has 0 unspecified atom stereocenters. The van der Waals surface area contributed by atoms with E-state index in [9.17, 15) is 9.18 Å². The van der Waals surface area contributed by atoms with E-state index in [4.69, 9.17) is 15.2 Å². The minimum atomic E-state index is -0.464. The van der Waals surface area contributed by atoms with Crippen molar-refractivity contribution in [2.75, 3.05) is 55.8 Å². The molecule has 1 aliphatic rings. The summed E-state index contributed by atoms with van der Waals surface area (Å²) < 4.78 is 24.8. The molecule has 0 bridgehead atoms. The van der Waals surface area contributed by atoms with Crippen LogP contribution in [-0.4, -0.2) is 60.6 Å². The fourth-order valence-corrected chi connectivity index (χ4v) is 4.20. The molecule has 9 nitrogen and oxygen atoms in total. The number of urea groups is 1. The molecule has 5 rings (SSSR count). The number of anilines is 3. The van der Waals surface area contributed by atoms with Gasteiger partial charge in [0.25, 0.3) is 0 Å². The molecule has 0 radical (unpaired) electrons. The predicted octanol–water partition coefficient (Wildman–Crippen LogP) is 4.31. The Bertz CT molecular complexity index is 1350. The van der Waals surface area contributed by atoms with Gasteiger partial charge >= 0.3 is 6.03 Å². The first-order valence-electron chi connectivity index (χ1n) is 11.7. The van der Waals surface area contributed by atoms with E-state index in [-0.39, 0.29) is 0 Å². The lowest BCUT2D eigenvalue weighted by Crippen LogP contribution is -2.38. The van der Waals surface area contributed by atoms with E-state index in [2.05, 4.69) is 25.7 Å². The third-order valence-corrected chi connectivity index (χ3v) is 6.02. The number of aromatic nitrogens is 2. The summed E-state index contributed by atoms with van der Waals surface area (Å²) >= 11 is 0. The molecule has 1 saturated heterocycles. The molecule has 1 aliphatic heterocycles. The van der Waals surface area contributed by atoms with Crippen LogP contribution in [0.1, 0.15) is 0 Å². The Labute approximate surface area is 207 Å². The van der Waals surface area contributed by atoms with Crippen molar-refractivity contribution < 1.29 is 18.7 Å². The number of nitrogens with two attached hydrogens (primary N) is 1. The first-order valence-corrected chi connectivity index (χ1v) is 11.7. The van der Waals surface area contributed by atoms with Gasteiger partial charge in [0, 0.05) is 31.0 Å². The van der Waals surface area contributed by atoms with Crippen molar-refractivity contribution >= 4 is 34.1 Å². The van der Waals surface area contributed by atoms with Gasteiger partial charge in [0.15, 0.2) is 5.82 Å². The maximum absolute atomic E-state index is 13.3. The Hall–Kier alpha value is -4.15. The SMILES string of the molecule is Nc1n[nH]c2c(OCCN3CCOCC3)ccc(-c3ccc(NC(=O)Nc4cccc(F)c4)cc3)c12. The minimum Gasteiger partial charge on any atom is -0.490 e. The van der Waals surface area contributed by atoms with Crippen LogP contribution in [0.2, 0.25) is 0 Å². The van der Waals surface area contributed by atoms with E-state index in [0.29, 0.717) is 29.5 Å². The van der Waals surface area contributed by atoms with Crippen molar-refractivity contribution in [3.63, 3.8) is 0 Å². The normalized spacial score (nSPS) is 14.0. The quantitative estimate of drug-likeness (QED) is 0.307. The molecule has 1 aromatic heterocycles. The third kappa shape index (κ3) is 5.40. The molecule has 186 valence electrons. The van der Waals surface area contributed by atoms with Gasteiger partial charge < -0.3 is 25.8 Å². The number of hydrogen-bond donors (Lipinski definition) is 4. The number of rotatable bonds is 7. The zero-order chi connectivity index (χ0) is 24.9. The number of carbonyl (C=O) groups is 1. The standard InChI is InChI=1S/C26H27FN6O3/c27-18-2-1-3-20(16-18)30-26(34)29-19-6-4-17(5-7-19)21-8-9-22(24-23(21)25(28)32-31-24)36-15-12-33-10-13-35-14-11-33/h1-9,16H,10-15H2,(H3,28,31,32)(H2,29,30,34). The summed E-state index contributed by atoms with van der Waals surface area (Å²) in [7, 11) is 0. The monoisotopic (exact) mass is 490 g/mol. The zero-order valence-electron chi connectivity index (χ0n) is 19.6. The van der Waals surface area contributed by atoms with Gasteiger partial charge in [-0.05, 0) is 53.6 Å². The number of carbonyl (C=O) groups excluding carboxylic acids is 1. The highest BCUT2D eigenvalue weighted by Gasteiger charge is 2.16. The number of hydrogen-bond acceptors (Lipinski definition) is 6. The van der Waals surface area contributed by atoms with Gasteiger partial charge in [0.2, 0.25) is 0 Å². The molecule has 0 saturated carbocycles. The van der Waals surface area contributed by atoms with E-state index >= 15 is 0 Å². The largest absolute Gasteiger partial charge is 0.490 e. The highest BCUT2D eigenvalue weighted by molar-refractivity contribution is 6.04. The van der Waals surface area contributed by atoms with Crippen LogP contribution in [0.4, 0.5) is 26.4 Å². The van der Waals surface area contributed by atoms with Crippen molar-refractivity contribution in [1.29, 1.82) is 0 Å². The fourth-order valence-electron chi connectivity index (χ4n) is 4.20. The molecule has 0 atom stereocenters. The zero-order valence-corrected chi connectivity index (χ0v) is 19.6. The van der Waals surface area contributed by atoms with Crippen molar-refractivity contribution in [3.05, 3.63) is 66.5 Å². The molecule has 2 heterocycles. The maximum atomic E-state index is 13.3. The number of aromatic amines is 1. The van der Waals surface area contributed by atoms with E-state index in [0.717, 1.165) is 54.9 Å². The summed E-state index contributed by atoms with van der Waals surface area (Å²) in [6.45, 7) is 4.69. The number of fused-ring (bicyclic) bond motifs is 1. The second kappa shape index (κ2) is 10.6. The summed E-state index contributed by atoms with van der Waals surface area (Å²) in [4.78, 5) is 14.6. The second-order valence-corrected chi connectivity index (χ2v) is 8.44. The number of nitrogen functional groups attached to an aromatic ring is 1. The van der Waals surface area contributed by atoms with Crippen molar-refractivity contribution in [1.82, 2.24) is 15.1 Å². The Morgan fingerprint density at radius 2 is 1.86 bits per heavy atom.